The molecule has 3 rings (SSSR count). The van der Waals surface area contributed by atoms with Gasteiger partial charge in [-0.3, -0.25) is 4.79 Å². The second-order valence-electron chi connectivity index (χ2n) is 6.17. The molecule has 0 spiro atoms. The number of aromatic nitrogens is 4. The first-order valence-corrected chi connectivity index (χ1v) is 8.78. The number of aromatic hydroxyl groups is 1. The Morgan fingerprint density at radius 2 is 2.07 bits per heavy atom. The zero-order chi connectivity index (χ0) is 20.8. The highest BCUT2D eigenvalue weighted by molar-refractivity contribution is 6.00. The van der Waals surface area contributed by atoms with Crippen molar-refractivity contribution in [2.45, 2.75) is 25.8 Å². The molecular weight excluding hydrogens is 382 g/mol. The highest BCUT2D eigenvalue weighted by Crippen LogP contribution is 2.19. The number of carbonyl (C=O) groups is 2. The lowest BCUT2D eigenvalue weighted by Crippen LogP contribution is -2.14. The van der Waals surface area contributed by atoms with Crippen molar-refractivity contribution < 1.29 is 29.4 Å². The molecule has 0 bridgehead atoms. The monoisotopic (exact) mass is 401 g/mol. The number of carboxylic acid groups (broad SMARTS) is 1. The molecule has 11 nitrogen and oxygen atoms in total. The van der Waals surface area contributed by atoms with E-state index >= 15 is 0 Å². The molecule has 0 saturated carbocycles. The molecule has 0 aromatic carbocycles. The van der Waals surface area contributed by atoms with Crippen molar-refractivity contribution in [2.24, 2.45) is 0 Å². The van der Waals surface area contributed by atoms with Gasteiger partial charge in [0.1, 0.15) is 17.0 Å². The quantitative estimate of drug-likeness (QED) is 0.413. The number of aliphatic hydroxyl groups is 1. The van der Waals surface area contributed by atoms with Gasteiger partial charge in [-0.05, 0) is 18.6 Å². The van der Waals surface area contributed by atoms with Crippen molar-refractivity contribution in [3.63, 3.8) is 0 Å². The first-order chi connectivity index (χ1) is 14.0. The number of aryl methyl sites for hydroxylation is 2. The maximum absolute atomic E-state index is 12.2. The normalized spacial score (nSPS) is 10.8. The van der Waals surface area contributed by atoms with Gasteiger partial charge in [0, 0.05) is 38.4 Å². The summed E-state index contributed by atoms with van der Waals surface area (Å²) in [6.07, 6.45) is 4.80. The van der Waals surface area contributed by atoms with Crippen molar-refractivity contribution in [2.75, 3.05) is 11.9 Å². The number of nitrogens with one attached hydrogen (secondary N) is 1. The number of aromatic carboxylic acids is 1. The molecule has 0 saturated heterocycles. The van der Waals surface area contributed by atoms with Gasteiger partial charge in [-0.25, -0.2) is 9.78 Å². The average molecular weight is 401 g/mol. The number of aliphatic hydroxyl groups excluding tert-OH is 1. The van der Waals surface area contributed by atoms with Crippen LogP contribution in [0.5, 0.6) is 5.75 Å². The predicted molar refractivity (Wildman–Crippen MR) is 99.2 cm³/mol. The van der Waals surface area contributed by atoms with E-state index in [0.29, 0.717) is 18.7 Å². The molecule has 1 amide bonds. The minimum atomic E-state index is -1.16. The molecule has 3 aromatic heterocycles. The molecule has 0 atom stereocenters. The Morgan fingerprint density at radius 1 is 1.24 bits per heavy atom. The summed E-state index contributed by atoms with van der Waals surface area (Å²) in [5.74, 6) is -1.10. The standard InChI is InChI=1S/C18H19N5O6/c24-7-1-6-23-9-12(18(27)28)14(10-23)20-15(26)4-5-16-21-17(22-29-16)13-3-2-11(25)8-19-13/h2-3,8-10,24-25H,1,4-7H2,(H,20,26)(H,27,28). The van der Waals surface area contributed by atoms with E-state index in [-0.39, 0.29) is 48.2 Å². The van der Waals surface area contributed by atoms with Gasteiger partial charge in [0.15, 0.2) is 0 Å². The first kappa shape index (κ1) is 20.0. The topological polar surface area (TPSA) is 164 Å². The van der Waals surface area contributed by atoms with Gasteiger partial charge in [0.2, 0.25) is 17.6 Å². The van der Waals surface area contributed by atoms with Crippen LogP contribution in [0.15, 0.2) is 35.2 Å². The van der Waals surface area contributed by atoms with E-state index in [0.717, 1.165) is 0 Å². The van der Waals surface area contributed by atoms with Gasteiger partial charge in [-0.2, -0.15) is 4.98 Å². The Balaban J connectivity index is 1.59. The fraction of sp³-hybridized carbons (Fsp3) is 0.278. The van der Waals surface area contributed by atoms with Crippen LogP contribution < -0.4 is 5.32 Å². The first-order valence-electron chi connectivity index (χ1n) is 8.78. The number of hydrogen-bond donors (Lipinski definition) is 4. The van der Waals surface area contributed by atoms with Gasteiger partial charge in [-0.15, -0.1) is 0 Å². The Hall–Kier alpha value is -3.73. The molecule has 0 aliphatic carbocycles. The van der Waals surface area contributed by atoms with E-state index < -0.39 is 11.9 Å². The number of rotatable bonds is 9. The lowest BCUT2D eigenvalue weighted by atomic mass is 10.2. The van der Waals surface area contributed by atoms with E-state index in [2.05, 4.69) is 20.4 Å². The third-order valence-electron chi connectivity index (χ3n) is 3.97. The summed E-state index contributed by atoms with van der Waals surface area (Å²) < 4.78 is 6.70. The van der Waals surface area contributed by atoms with Gasteiger partial charge in [0.25, 0.3) is 0 Å². The van der Waals surface area contributed by atoms with Crippen LogP contribution in [-0.2, 0) is 17.8 Å². The summed E-state index contributed by atoms with van der Waals surface area (Å²) >= 11 is 0. The van der Waals surface area contributed by atoms with Crippen LogP contribution in [0.25, 0.3) is 11.5 Å². The number of carboxylic acids is 1. The van der Waals surface area contributed by atoms with Crippen LogP contribution in [0.1, 0.15) is 29.1 Å². The molecule has 3 heterocycles. The zero-order valence-corrected chi connectivity index (χ0v) is 15.3. The van der Waals surface area contributed by atoms with Crippen LogP contribution in [0.4, 0.5) is 5.69 Å². The fourth-order valence-electron chi connectivity index (χ4n) is 2.57. The SMILES string of the molecule is O=C(CCc1nc(-c2ccc(O)cn2)no1)Nc1cn(CCCO)cc1C(=O)O. The molecule has 0 fully saturated rings. The zero-order valence-electron chi connectivity index (χ0n) is 15.3. The summed E-state index contributed by atoms with van der Waals surface area (Å²) in [5, 5.41) is 33.8. The predicted octanol–water partition coefficient (Wildman–Crippen LogP) is 1.29. The van der Waals surface area contributed by atoms with Crippen LogP contribution in [-0.4, -0.2) is 53.5 Å². The summed E-state index contributed by atoms with van der Waals surface area (Å²) in [7, 11) is 0. The number of hydrogen-bond acceptors (Lipinski definition) is 8. The average Bonchev–Trinajstić information content (AvgIpc) is 3.32. The molecule has 0 aliphatic heterocycles. The van der Waals surface area contributed by atoms with Crippen molar-refractivity contribution in [1.82, 2.24) is 19.7 Å². The van der Waals surface area contributed by atoms with Gasteiger partial charge >= 0.3 is 5.97 Å². The third kappa shape index (κ3) is 5.17. The van der Waals surface area contributed by atoms with E-state index in [9.17, 15) is 19.8 Å². The fourth-order valence-corrected chi connectivity index (χ4v) is 2.57. The Kier molecular flexibility index (Phi) is 6.19. The molecule has 11 heteroatoms. The van der Waals surface area contributed by atoms with E-state index in [1.54, 1.807) is 4.57 Å². The van der Waals surface area contributed by atoms with E-state index in [1.807, 2.05) is 0 Å². The smallest absolute Gasteiger partial charge is 0.339 e. The van der Waals surface area contributed by atoms with E-state index in [1.165, 1.54) is 30.7 Å². The second kappa shape index (κ2) is 8.97. The Labute approximate surface area is 164 Å². The molecule has 3 aromatic rings. The molecule has 29 heavy (non-hydrogen) atoms. The van der Waals surface area contributed by atoms with Gasteiger partial charge in [-0.1, -0.05) is 5.16 Å². The van der Waals surface area contributed by atoms with Crippen molar-refractivity contribution >= 4 is 17.6 Å². The van der Waals surface area contributed by atoms with Crippen LogP contribution in [0.2, 0.25) is 0 Å². The lowest BCUT2D eigenvalue weighted by molar-refractivity contribution is -0.116. The highest BCUT2D eigenvalue weighted by Gasteiger charge is 2.17. The summed E-state index contributed by atoms with van der Waals surface area (Å²) in [6.45, 7) is 0.414. The maximum atomic E-state index is 12.2. The second-order valence-corrected chi connectivity index (χ2v) is 6.17. The third-order valence-corrected chi connectivity index (χ3v) is 3.97. The number of amides is 1. The number of carbonyl (C=O) groups excluding carboxylic acids is 1. The highest BCUT2D eigenvalue weighted by atomic mass is 16.5. The summed E-state index contributed by atoms with van der Waals surface area (Å²) in [6, 6.07) is 2.98. The van der Waals surface area contributed by atoms with Crippen molar-refractivity contribution in [3.05, 3.63) is 42.2 Å². The lowest BCUT2D eigenvalue weighted by Gasteiger charge is -2.03. The summed E-state index contributed by atoms with van der Waals surface area (Å²) in [5.41, 5.74) is 0.562. The van der Waals surface area contributed by atoms with Crippen molar-refractivity contribution in [3.8, 4) is 17.3 Å². The Morgan fingerprint density at radius 3 is 2.76 bits per heavy atom. The molecule has 4 N–H and O–H groups in total. The largest absolute Gasteiger partial charge is 0.506 e. The van der Waals surface area contributed by atoms with Gasteiger partial charge in [0.05, 0.1) is 11.9 Å². The molecular formula is C18H19N5O6. The van der Waals surface area contributed by atoms with E-state index in [4.69, 9.17) is 9.63 Å². The van der Waals surface area contributed by atoms with Crippen LogP contribution in [0.3, 0.4) is 0 Å². The summed E-state index contributed by atoms with van der Waals surface area (Å²) in [4.78, 5) is 31.7. The number of pyridine rings is 1. The molecule has 0 aliphatic rings. The van der Waals surface area contributed by atoms with Crippen LogP contribution in [0, 0.1) is 0 Å². The maximum Gasteiger partial charge on any atom is 0.339 e. The minimum Gasteiger partial charge on any atom is -0.506 e. The molecule has 0 unspecified atom stereocenters. The van der Waals surface area contributed by atoms with Crippen molar-refractivity contribution in [1.29, 1.82) is 0 Å². The Bertz CT molecular complexity index is 995. The van der Waals surface area contributed by atoms with Gasteiger partial charge < -0.3 is 29.7 Å². The number of anilines is 1. The van der Waals surface area contributed by atoms with Crippen LogP contribution >= 0.6 is 0 Å². The minimum absolute atomic E-state index is 0.00547. The molecule has 0 radical (unpaired) electrons. The molecule has 152 valence electrons. The number of nitrogens with zero attached hydrogens (tertiary/aromatic N) is 4.